The number of aryl methyl sites for hydroxylation is 1. The first-order chi connectivity index (χ1) is 24.7. The van der Waals surface area contributed by atoms with Crippen molar-refractivity contribution in [3.05, 3.63) is 87.0 Å². The Morgan fingerprint density at radius 2 is 1.29 bits per heavy atom. The van der Waals surface area contributed by atoms with Gasteiger partial charge in [0.15, 0.2) is 0 Å². The van der Waals surface area contributed by atoms with Crippen molar-refractivity contribution in [1.29, 1.82) is 0 Å². The molecule has 2 atom stereocenters. The summed E-state index contributed by atoms with van der Waals surface area (Å²) in [5.74, 6) is 0.694. The minimum atomic E-state index is 0.0972. The Morgan fingerprint density at radius 3 is 1.86 bits per heavy atom. The smallest absolute Gasteiger partial charge is 0.220 e. The number of carbonyl (C=O) groups excluding carboxylic acids is 2. The van der Waals surface area contributed by atoms with Crippen LogP contribution < -0.4 is 26.0 Å². The van der Waals surface area contributed by atoms with Crippen molar-refractivity contribution < 1.29 is 14.3 Å². The Labute approximate surface area is 311 Å². The summed E-state index contributed by atoms with van der Waals surface area (Å²) in [5, 5.41) is 14.4. The summed E-state index contributed by atoms with van der Waals surface area (Å²) in [5.41, 5.74) is 7.79. The normalized spacial score (nSPS) is 17.3. The highest BCUT2D eigenvalue weighted by Crippen LogP contribution is 2.42. The van der Waals surface area contributed by atoms with Crippen molar-refractivity contribution >= 4 is 57.7 Å². The molecule has 51 heavy (non-hydrogen) atoms. The van der Waals surface area contributed by atoms with E-state index in [9.17, 15) is 9.59 Å². The molecule has 2 aliphatic rings. The average molecular weight is 747 g/mol. The third-order valence-corrected chi connectivity index (χ3v) is 10.8. The van der Waals surface area contributed by atoms with E-state index in [2.05, 4.69) is 21.3 Å². The van der Waals surface area contributed by atoms with Crippen LogP contribution >= 0.6 is 34.8 Å². The van der Waals surface area contributed by atoms with Crippen LogP contribution in [0.15, 0.2) is 60.7 Å². The number of nitrogens with one attached hydrogen (secondary N) is 4. The van der Waals surface area contributed by atoms with Gasteiger partial charge in [0.1, 0.15) is 5.52 Å². The molecule has 5 heterocycles. The highest BCUT2D eigenvalue weighted by molar-refractivity contribution is 6.39. The number of hydrogen-bond donors (Lipinski definition) is 4. The third-order valence-electron chi connectivity index (χ3n) is 9.63. The van der Waals surface area contributed by atoms with E-state index in [0.29, 0.717) is 76.9 Å². The molecule has 2 amide bonds. The summed E-state index contributed by atoms with van der Waals surface area (Å²) >= 11 is 21.2. The van der Waals surface area contributed by atoms with Gasteiger partial charge in [-0.05, 0) is 31.0 Å². The molecule has 3 aromatic heterocycles. The molecule has 7 rings (SSSR count). The lowest BCUT2D eigenvalue weighted by molar-refractivity contribution is -0.120. The van der Waals surface area contributed by atoms with Gasteiger partial charge in [-0.15, -0.1) is 0 Å². The first-order valence-electron chi connectivity index (χ1n) is 17.0. The van der Waals surface area contributed by atoms with Gasteiger partial charge in [-0.2, -0.15) is 0 Å². The number of rotatable bonds is 12. The highest BCUT2D eigenvalue weighted by Gasteiger charge is 2.23. The van der Waals surface area contributed by atoms with E-state index in [-0.39, 0.29) is 23.9 Å². The second-order valence-corrected chi connectivity index (χ2v) is 14.1. The zero-order valence-corrected chi connectivity index (χ0v) is 30.6. The summed E-state index contributed by atoms with van der Waals surface area (Å²) < 4.78 is 7.70. The van der Waals surface area contributed by atoms with Gasteiger partial charge >= 0.3 is 0 Å². The lowest BCUT2D eigenvalue weighted by atomic mass is 9.98. The Balaban J connectivity index is 1.12. The Morgan fingerprint density at radius 1 is 0.745 bits per heavy atom. The first-order valence-corrected chi connectivity index (χ1v) is 18.1. The zero-order chi connectivity index (χ0) is 35.6. The molecule has 2 aliphatic heterocycles. The summed E-state index contributed by atoms with van der Waals surface area (Å²) in [6, 6.07) is 19.7. The molecule has 0 aliphatic carbocycles. The summed E-state index contributed by atoms with van der Waals surface area (Å²) in [6.07, 6.45) is 2.80. The van der Waals surface area contributed by atoms with Crippen LogP contribution in [0.1, 0.15) is 36.9 Å². The second kappa shape index (κ2) is 15.2. The van der Waals surface area contributed by atoms with Crippen LogP contribution in [0.25, 0.3) is 44.7 Å². The third kappa shape index (κ3) is 7.29. The van der Waals surface area contributed by atoms with Gasteiger partial charge in [0.05, 0.1) is 44.8 Å². The Bertz CT molecular complexity index is 2140. The predicted octanol–water partition coefficient (Wildman–Crippen LogP) is 6.67. The standard InChI is InChI=1S/C38H38Cl3N7O3/c1-48-30-14-13-28(46-37(30)36(41)31(48)20-43-19-23-11-16-33(50)45-23)26-7-3-5-24(34(26)39)25-6-4-8-27(35(25)40)29-12-9-21(38(47-29)51-2)17-42-18-22-10-15-32(49)44-22/h3-9,12-14,22-23,42-43H,10-11,15-20H2,1-2H3,(H,44,49)(H,45,50)/t22-,23+/m1/s1. The van der Waals surface area contributed by atoms with E-state index in [1.807, 2.05) is 72.3 Å². The van der Waals surface area contributed by atoms with Crippen LogP contribution in [0.5, 0.6) is 5.88 Å². The fraction of sp³-hybridized carbons (Fsp3) is 0.316. The van der Waals surface area contributed by atoms with Crippen molar-refractivity contribution in [3.63, 3.8) is 0 Å². The molecule has 2 saturated heterocycles. The van der Waals surface area contributed by atoms with Crippen LogP contribution in [0, 0.1) is 0 Å². The lowest BCUT2D eigenvalue weighted by Crippen LogP contribution is -2.35. The predicted molar refractivity (Wildman–Crippen MR) is 202 cm³/mol. The van der Waals surface area contributed by atoms with Gasteiger partial charge < -0.3 is 30.6 Å². The molecule has 4 N–H and O–H groups in total. The Hall–Kier alpha value is -4.19. The van der Waals surface area contributed by atoms with Crippen molar-refractivity contribution in [2.45, 2.75) is 50.9 Å². The van der Waals surface area contributed by atoms with E-state index in [0.717, 1.165) is 51.9 Å². The van der Waals surface area contributed by atoms with Crippen LogP contribution in [0.4, 0.5) is 0 Å². The van der Waals surface area contributed by atoms with Gasteiger partial charge in [0.2, 0.25) is 17.7 Å². The molecule has 0 unspecified atom stereocenters. The van der Waals surface area contributed by atoms with Crippen molar-refractivity contribution in [1.82, 2.24) is 35.8 Å². The number of methoxy groups -OCH3 is 1. The largest absolute Gasteiger partial charge is 0.481 e. The van der Waals surface area contributed by atoms with Crippen molar-refractivity contribution in [2.75, 3.05) is 20.2 Å². The molecule has 0 bridgehead atoms. The van der Waals surface area contributed by atoms with E-state index in [4.69, 9.17) is 49.5 Å². The number of halogens is 3. The van der Waals surface area contributed by atoms with Crippen LogP contribution in [-0.2, 0) is 29.7 Å². The van der Waals surface area contributed by atoms with Crippen molar-refractivity contribution in [2.24, 2.45) is 7.05 Å². The maximum absolute atomic E-state index is 11.6. The molecular formula is C38H38Cl3N7O3. The van der Waals surface area contributed by atoms with E-state index < -0.39 is 0 Å². The van der Waals surface area contributed by atoms with Crippen LogP contribution in [0.3, 0.4) is 0 Å². The number of amides is 2. The minimum absolute atomic E-state index is 0.0972. The molecule has 10 nitrogen and oxygen atoms in total. The molecule has 0 radical (unpaired) electrons. The monoisotopic (exact) mass is 745 g/mol. The molecule has 264 valence electrons. The number of ether oxygens (including phenoxy) is 1. The minimum Gasteiger partial charge on any atom is -0.481 e. The molecule has 2 aromatic carbocycles. The number of nitrogens with zero attached hydrogens (tertiary/aromatic N) is 3. The van der Waals surface area contributed by atoms with E-state index in [1.165, 1.54) is 0 Å². The molecule has 13 heteroatoms. The van der Waals surface area contributed by atoms with E-state index >= 15 is 0 Å². The fourth-order valence-electron chi connectivity index (χ4n) is 6.87. The maximum Gasteiger partial charge on any atom is 0.220 e. The number of fused-ring (bicyclic) bond motifs is 1. The average Bonchev–Trinajstić information content (AvgIpc) is 3.82. The van der Waals surface area contributed by atoms with E-state index in [1.54, 1.807) is 7.11 Å². The molecule has 0 spiro atoms. The number of benzene rings is 2. The first kappa shape index (κ1) is 35.2. The highest BCUT2D eigenvalue weighted by atomic mass is 35.5. The summed E-state index contributed by atoms with van der Waals surface area (Å²) in [7, 11) is 3.57. The number of pyridine rings is 2. The quantitative estimate of drug-likeness (QED) is 0.113. The molecule has 0 saturated carbocycles. The number of carbonyl (C=O) groups is 2. The maximum atomic E-state index is 11.6. The zero-order valence-electron chi connectivity index (χ0n) is 28.3. The number of aromatic nitrogens is 3. The van der Waals surface area contributed by atoms with Gasteiger partial charge in [0, 0.05) is 86.0 Å². The summed E-state index contributed by atoms with van der Waals surface area (Å²) in [4.78, 5) is 32.9. The van der Waals surface area contributed by atoms with Gasteiger partial charge in [-0.25, -0.2) is 9.97 Å². The summed E-state index contributed by atoms with van der Waals surface area (Å²) in [6.45, 7) is 2.44. The second-order valence-electron chi connectivity index (χ2n) is 13.0. The molecule has 2 fully saturated rings. The van der Waals surface area contributed by atoms with Crippen LogP contribution in [-0.4, -0.2) is 58.6 Å². The van der Waals surface area contributed by atoms with Crippen LogP contribution in [0.2, 0.25) is 15.1 Å². The lowest BCUT2D eigenvalue weighted by Gasteiger charge is -2.15. The SMILES string of the molecule is COc1nc(-c2cccc(-c3cccc(-c4ccc5c(n4)c(Cl)c(CNC[C@@H]4CCC(=O)N4)n5C)c3Cl)c2Cl)ccc1CNC[C@H]1CCC(=O)N1. The van der Waals surface area contributed by atoms with Gasteiger partial charge in [0.25, 0.3) is 0 Å². The van der Waals surface area contributed by atoms with Gasteiger partial charge in [-0.1, -0.05) is 77.3 Å². The number of hydrogen-bond acceptors (Lipinski definition) is 7. The van der Waals surface area contributed by atoms with Gasteiger partial charge in [-0.3, -0.25) is 9.59 Å². The fourth-order valence-corrected chi connectivity index (χ4v) is 7.85. The molecule has 5 aromatic rings. The Kier molecular flexibility index (Phi) is 10.5. The molecular weight excluding hydrogens is 709 g/mol. The van der Waals surface area contributed by atoms with Crippen molar-refractivity contribution in [3.8, 4) is 39.5 Å². The topological polar surface area (TPSA) is 122 Å².